The number of sulfonamides is 1. The molecule has 0 aliphatic rings. The molecule has 1 unspecified atom stereocenters. The molecule has 1 aromatic heterocycles. The van der Waals surface area contributed by atoms with Gasteiger partial charge < -0.3 is 4.42 Å². The molecule has 0 bridgehead atoms. The Morgan fingerprint density at radius 2 is 1.95 bits per heavy atom. The molecule has 1 N–H and O–H groups in total. The summed E-state index contributed by atoms with van der Waals surface area (Å²) in [6, 6.07) is 10.1. The van der Waals surface area contributed by atoms with Gasteiger partial charge in [0.15, 0.2) is 0 Å². The number of benzene rings is 1. The van der Waals surface area contributed by atoms with Crippen LogP contribution in [0.5, 0.6) is 0 Å². The summed E-state index contributed by atoms with van der Waals surface area (Å²) < 4.78 is 32.4. The third-order valence-corrected chi connectivity index (χ3v) is 4.86. The van der Waals surface area contributed by atoms with Gasteiger partial charge in [-0.15, -0.1) is 11.6 Å². The van der Waals surface area contributed by atoms with E-state index in [1.54, 1.807) is 36.6 Å². The van der Waals surface area contributed by atoms with E-state index in [2.05, 4.69) is 4.72 Å². The highest BCUT2D eigenvalue weighted by Crippen LogP contribution is 2.13. The second kappa shape index (κ2) is 7.11. The maximum atomic E-state index is 12.3. The highest BCUT2D eigenvalue weighted by Gasteiger charge is 2.18. The molecule has 1 heterocycles. The lowest BCUT2D eigenvalue weighted by Gasteiger charge is -2.13. The van der Waals surface area contributed by atoms with Crippen molar-refractivity contribution >= 4 is 21.6 Å². The average molecular weight is 328 g/mol. The number of nitrogens with one attached hydrogen (secondary N) is 1. The van der Waals surface area contributed by atoms with Crippen molar-refractivity contribution in [1.29, 1.82) is 0 Å². The zero-order valence-corrected chi connectivity index (χ0v) is 13.3. The lowest BCUT2D eigenvalue weighted by molar-refractivity contribution is 0.479. The maximum Gasteiger partial charge on any atom is 0.240 e. The fourth-order valence-electron chi connectivity index (χ4n) is 2.05. The lowest BCUT2D eigenvalue weighted by Crippen LogP contribution is -2.34. The Morgan fingerprint density at radius 1 is 1.24 bits per heavy atom. The Bertz CT molecular complexity index is 651. The summed E-state index contributed by atoms with van der Waals surface area (Å²) in [5, 5.41) is 0. The van der Waals surface area contributed by atoms with Gasteiger partial charge in [-0.3, -0.25) is 0 Å². The first kappa shape index (κ1) is 16.1. The van der Waals surface area contributed by atoms with Gasteiger partial charge in [0.2, 0.25) is 10.0 Å². The van der Waals surface area contributed by atoms with Crippen LogP contribution in [0.1, 0.15) is 18.2 Å². The monoisotopic (exact) mass is 327 g/mol. The molecule has 114 valence electrons. The summed E-state index contributed by atoms with van der Waals surface area (Å²) in [6.45, 7) is 1.81. The fourth-order valence-corrected chi connectivity index (χ4v) is 3.51. The minimum absolute atomic E-state index is 0.247. The lowest BCUT2D eigenvalue weighted by atomic mass is 10.2. The van der Waals surface area contributed by atoms with Crippen LogP contribution in [0.15, 0.2) is 52.0 Å². The molecule has 6 heteroatoms. The molecule has 1 aromatic carbocycles. The van der Waals surface area contributed by atoms with Gasteiger partial charge in [0.1, 0.15) is 5.76 Å². The first-order valence-electron chi connectivity index (χ1n) is 6.71. The molecular formula is C15H18ClNO3S. The smallest absolute Gasteiger partial charge is 0.240 e. The molecule has 2 aromatic rings. The van der Waals surface area contributed by atoms with Crippen molar-refractivity contribution in [3.05, 3.63) is 54.0 Å². The summed E-state index contributed by atoms with van der Waals surface area (Å²) in [7, 11) is -3.52. The average Bonchev–Trinajstić information content (AvgIpc) is 2.92. The molecule has 0 amide bonds. The van der Waals surface area contributed by atoms with Crippen LogP contribution in [0.2, 0.25) is 0 Å². The zero-order valence-electron chi connectivity index (χ0n) is 11.8. The van der Waals surface area contributed by atoms with Crippen molar-refractivity contribution < 1.29 is 12.8 Å². The van der Waals surface area contributed by atoms with Crippen LogP contribution in [0.25, 0.3) is 0 Å². The number of furan rings is 1. The second-order valence-electron chi connectivity index (χ2n) is 4.89. The normalized spacial score (nSPS) is 13.2. The number of aryl methyl sites for hydroxylation is 1. The topological polar surface area (TPSA) is 59.3 Å². The minimum atomic E-state index is -3.52. The van der Waals surface area contributed by atoms with E-state index >= 15 is 0 Å². The van der Waals surface area contributed by atoms with E-state index in [9.17, 15) is 8.42 Å². The van der Waals surface area contributed by atoms with Gasteiger partial charge in [-0.05, 0) is 43.2 Å². The first-order valence-corrected chi connectivity index (χ1v) is 8.72. The summed E-state index contributed by atoms with van der Waals surface area (Å²) in [5.74, 6) is 1.27. The van der Waals surface area contributed by atoms with Crippen molar-refractivity contribution in [3.63, 3.8) is 0 Å². The second-order valence-corrected chi connectivity index (χ2v) is 6.98. The van der Waals surface area contributed by atoms with Crippen LogP contribution in [0.3, 0.4) is 0 Å². The molecule has 0 fully saturated rings. The zero-order chi connectivity index (χ0) is 15.3. The number of alkyl halides is 1. The molecular weight excluding hydrogens is 310 g/mol. The van der Waals surface area contributed by atoms with E-state index in [-0.39, 0.29) is 10.9 Å². The molecule has 0 aliphatic heterocycles. The summed E-state index contributed by atoms with van der Waals surface area (Å²) >= 11 is 5.66. The Kier molecular flexibility index (Phi) is 5.45. The largest absolute Gasteiger partial charge is 0.469 e. The van der Waals surface area contributed by atoms with Gasteiger partial charge in [0, 0.05) is 18.3 Å². The molecule has 2 rings (SSSR count). The van der Waals surface area contributed by atoms with E-state index in [0.717, 1.165) is 17.7 Å². The first-order chi connectivity index (χ1) is 10.0. The Hall–Kier alpha value is -1.30. The van der Waals surface area contributed by atoms with Gasteiger partial charge in [-0.2, -0.15) is 0 Å². The van der Waals surface area contributed by atoms with Crippen molar-refractivity contribution in [2.24, 2.45) is 0 Å². The third-order valence-electron chi connectivity index (χ3n) is 3.06. The quantitative estimate of drug-likeness (QED) is 0.795. The van der Waals surface area contributed by atoms with Crippen LogP contribution in [-0.2, 0) is 22.9 Å². The van der Waals surface area contributed by atoms with E-state index in [1.807, 2.05) is 13.0 Å². The molecule has 0 saturated carbocycles. The number of hydrogen-bond acceptors (Lipinski definition) is 3. The number of rotatable bonds is 7. The van der Waals surface area contributed by atoms with Gasteiger partial charge in [0.05, 0.1) is 11.2 Å². The highest BCUT2D eigenvalue weighted by molar-refractivity contribution is 7.89. The van der Waals surface area contributed by atoms with Crippen molar-refractivity contribution in [3.8, 4) is 0 Å². The number of hydrogen-bond donors (Lipinski definition) is 1. The van der Waals surface area contributed by atoms with Gasteiger partial charge in [-0.25, -0.2) is 13.1 Å². The summed E-state index contributed by atoms with van der Waals surface area (Å²) in [5.41, 5.74) is 1.02. The van der Waals surface area contributed by atoms with E-state index < -0.39 is 10.0 Å². The van der Waals surface area contributed by atoms with Crippen LogP contribution < -0.4 is 4.72 Å². The van der Waals surface area contributed by atoms with Gasteiger partial charge in [0.25, 0.3) is 0 Å². The van der Waals surface area contributed by atoms with Crippen LogP contribution in [0.4, 0.5) is 0 Å². The Balaban J connectivity index is 2.03. The Morgan fingerprint density at radius 3 is 2.52 bits per heavy atom. The molecule has 1 atom stereocenters. The van der Waals surface area contributed by atoms with Crippen molar-refractivity contribution in [1.82, 2.24) is 4.72 Å². The van der Waals surface area contributed by atoms with E-state index in [1.165, 1.54) is 0 Å². The molecule has 0 aliphatic carbocycles. The van der Waals surface area contributed by atoms with E-state index in [4.69, 9.17) is 16.0 Å². The maximum absolute atomic E-state index is 12.3. The van der Waals surface area contributed by atoms with Crippen molar-refractivity contribution in [2.45, 2.75) is 30.7 Å². The van der Waals surface area contributed by atoms with Crippen LogP contribution in [-0.4, -0.2) is 20.3 Å². The third kappa shape index (κ3) is 4.59. The predicted octanol–water partition coefficient (Wildman–Crippen LogP) is 2.97. The Labute approximate surface area is 130 Å². The van der Waals surface area contributed by atoms with E-state index in [0.29, 0.717) is 12.3 Å². The van der Waals surface area contributed by atoms with Crippen LogP contribution >= 0.6 is 11.6 Å². The molecule has 0 saturated heterocycles. The number of halogens is 1. The highest BCUT2D eigenvalue weighted by atomic mass is 35.5. The van der Waals surface area contributed by atoms with Crippen LogP contribution in [0, 0.1) is 0 Å². The van der Waals surface area contributed by atoms with Gasteiger partial charge >= 0.3 is 0 Å². The van der Waals surface area contributed by atoms with Crippen molar-refractivity contribution in [2.75, 3.05) is 5.88 Å². The SMILES string of the molecule is CC(Cc1ccco1)NS(=O)(=O)c1ccc(CCCl)cc1. The molecule has 0 spiro atoms. The molecule has 0 radical (unpaired) electrons. The fraction of sp³-hybridized carbons (Fsp3) is 0.333. The standard InChI is InChI=1S/C15H18ClNO3S/c1-12(11-14-3-2-10-20-14)17-21(18,19)15-6-4-13(5-7-15)8-9-16/h2-7,10,12,17H,8-9,11H2,1H3. The molecule has 4 nitrogen and oxygen atoms in total. The summed E-state index contributed by atoms with van der Waals surface area (Å²) in [6.07, 6.45) is 2.81. The van der Waals surface area contributed by atoms with Gasteiger partial charge in [-0.1, -0.05) is 12.1 Å². The summed E-state index contributed by atoms with van der Waals surface area (Å²) in [4.78, 5) is 0.257. The minimum Gasteiger partial charge on any atom is -0.469 e. The molecule has 21 heavy (non-hydrogen) atoms. The predicted molar refractivity (Wildman–Crippen MR) is 83.1 cm³/mol.